The number of allylic oxidation sites excluding steroid dienone is 2. The molecule has 1 heterocycles. The number of hydrogen-bond acceptors (Lipinski definition) is 6. The summed E-state index contributed by atoms with van der Waals surface area (Å²) in [5, 5.41) is 2.55. The summed E-state index contributed by atoms with van der Waals surface area (Å²) < 4.78 is 43.8. The molecule has 0 fully saturated rings. The first kappa shape index (κ1) is 18.1. The summed E-state index contributed by atoms with van der Waals surface area (Å²) in [6, 6.07) is 2.75. The third-order valence-corrected chi connectivity index (χ3v) is 4.32. The van der Waals surface area contributed by atoms with Crippen LogP contribution < -0.4 is 10.1 Å². The average Bonchev–Trinajstić information content (AvgIpc) is 2.62. The number of nitrogens with zero attached hydrogens (tertiary/aromatic N) is 2. The molecule has 1 aromatic carbocycles. The van der Waals surface area contributed by atoms with Crippen molar-refractivity contribution < 1.29 is 27.5 Å². The molecule has 0 radical (unpaired) electrons. The van der Waals surface area contributed by atoms with Crippen molar-refractivity contribution in [2.75, 3.05) is 12.4 Å². The topological polar surface area (TPSA) is 81.2 Å². The molecule has 134 valence electrons. The van der Waals surface area contributed by atoms with E-state index in [0.29, 0.717) is 0 Å². The minimum absolute atomic E-state index is 0.0657. The van der Waals surface area contributed by atoms with Crippen LogP contribution in [0.2, 0.25) is 0 Å². The Bertz CT molecular complexity index is 957. The fourth-order valence-electron chi connectivity index (χ4n) is 2.33. The van der Waals surface area contributed by atoms with Gasteiger partial charge in [-0.25, -0.2) is 9.97 Å². The highest BCUT2D eigenvalue weighted by atomic mass is 79.9. The number of ether oxygens (including phenoxy) is 1. The van der Waals surface area contributed by atoms with Gasteiger partial charge in [0.25, 0.3) is 0 Å². The lowest BCUT2D eigenvalue weighted by molar-refractivity contribution is -0.137. The Morgan fingerprint density at radius 3 is 2.27 bits per heavy atom. The molecule has 6 nitrogen and oxygen atoms in total. The molecule has 26 heavy (non-hydrogen) atoms. The Kier molecular flexibility index (Phi) is 4.53. The lowest BCUT2D eigenvalue weighted by atomic mass is 10.0. The number of halogens is 4. The number of methoxy groups -OCH3 is 1. The fourth-order valence-corrected chi connectivity index (χ4v) is 2.80. The van der Waals surface area contributed by atoms with Crippen LogP contribution in [-0.4, -0.2) is 28.6 Å². The van der Waals surface area contributed by atoms with Crippen molar-refractivity contribution >= 4 is 33.2 Å². The maximum atomic E-state index is 13.0. The van der Waals surface area contributed by atoms with E-state index in [1.807, 2.05) is 0 Å². The number of anilines is 1. The summed E-state index contributed by atoms with van der Waals surface area (Å²) in [4.78, 5) is 32.6. The highest BCUT2D eigenvalue weighted by Crippen LogP contribution is 2.37. The van der Waals surface area contributed by atoms with Crippen LogP contribution in [-0.2, 0) is 6.18 Å². The number of alkyl halides is 3. The second kappa shape index (κ2) is 6.52. The van der Waals surface area contributed by atoms with E-state index in [4.69, 9.17) is 4.74 Å². The summed E-state index contributed by atoms with van der Waals surface area (Å²) in [5.41, 5.74) is -1.63. The van der Waals surface area contributed by atoms with Gasteiger partial charge in [-0.15, -0.1) is 0 Å². The SMILES string of the molecule is COc1ccc(C(F)(F)F)cc1NC1=C(Br)C(=O)c2nccnc2C1=O. The molecule has 1 aromatic heterocycles. The van der Waals surface area contributed by atoms with Crippen molar-refractivity contribution in [3.8, 4) is 5.75 Å². The van der Waals surface area contributed by atoms with Gasteiger partial charge in [0.15, 0.2) is 0 Å². The van der Waals surface area contributed by atoms with Crippen LogP contribution in [0.3, 0.4) is 0 Å². The van der Waals surface area contributed by atoms with Crippen molar-refractivity contribution in [3.05, 3.63) is 57.7 Å². The smallest absolute Gasteiger partial charge is 0.416 e. The number of rotatable bonds is 3. The molecular weight excluding hydrogens is 419 g/mol. The molecule has 2 aromatic rings. The van der Waals surface area contributed by atoms with Gasteiger partial charge in [-0.3, -0.25) is 9.59 Å². The first-order valence-corrected chi connectivity index (χ1v) is 7.85. The van der Waals surface area contributed by atoms with Crippen molar-refractivity contribution in [1.82, 2.24) is 9.97 Å². The Morgan fingerprint density at radius 1 is 1.08 bits per heavy atom. The Balaban J connectivity index is 2.07. The maximum absolute atomic E-state index is 13.0. The Morgan fingerprint density at radius 2 is 1.69 bits per heavy atom. The molecule has 0 spiro atoms. The number of carbonyl (C=O) groups is 2. The van der Waals surface area contributed by atoms with Gasteiger partial charge in [-0.1, -0.05) is 0 Å². The third kappa shape index (κ3) is 3.07. The lowest BCUT2D eigenvalue weighted by Gasteiger charge is -2.19. The maximum Gasteiger partial charge on any atom is 0.416 e. The first-order valence-electron chi connectivity index (χ1n) is 7.06. The van der Waals surface area contributed by atoms with Crippen LogP contribution in [0.15, 0.2) is 40.8 Å². The first-order chi connectivity index (χ1) is 12.2. The van der Waals surface area contributed by atoms with E-state index in [0.717, 1.165) is 18.2 Å². The second-order valence-electron chi connectivity index (χ2n) is 5.14. The number of ketones is 2. The van der Waals surface area contributed by atoms with Crippen LogP contribution in [0, 0.1) is 0 Å². The number of Topliss-reactive ketones (excluding diaryl/α,β-unsaturated/α-hetero) is 2. The summed E-state index contributed by atoms with van der Waals surface area (Å²) in [6.45, 7) is 0. The highest BCUT2D eigenvalue weighted by Gasteiger charge is 2.35. The molecule has 1 aliphatic rings. The summed E-state index contributed by atoms with van der Waals surface area (Å²) in [6.07, 6.45) is -2.08. The van der Waals surface area contributed by atoms with Crippen LogP contribution in [0.4, 0.5) is 18.9 Å². The minimum atomic E-state index is -4.58. The number of benzene rings is 1. The normalized spacial score (nSPS) is 14.3. The van der Waals surface area contributed by atoms with Crippen molar-refractivity contribution in [2.45, 2.75) is 6.18 Å². The van der Waals surface area contributed by atoms with Gasteiger partial charge in [0.2, 0.25) is 11.6 Å². The molecule has 0 amide bonds. The zero-order valence-corrected chi connectivity index (χ0v) is 14.6. The molecule has 0 bridgehead atoms. The zero-order valence-electron chi connectivity index (χ0n) is 13.0. The molecule has 0 unspecified atom stereocenters. The predicted molar refractivity (Wildman–Crippen MR) is 88.3 cm³/mol. The molecular formula is C16H9BrF3N3O3. The largest absolute Gasteiger partial charge is 0.495 e. The van der Waals surface area contributed by atoms with Gasteiger partial charge in [-0.2, -0.15) is 13.2 Å². The number of aromatic nitrogens is 2. The highest BCUT2D eigenvalue weighted by molar-refractivity contribution is 9.12. The van der Waals surface area contributed by atoms with Crippen molar-refractivity contribution in [2.24, 2.45) is 0 Å². The van der Waals surface area contributed by atoms with E-state index in [9.17, 15) is 22.8 Å². The number of carbonyl (C=O) groups excluding carboxylic acids is 2. The van der Waals surface area contributed by atoms with Crippen molar-refractivity contribution in [1.29, 1.82) is 0 Å². The molecule has 10 heteroatoms. The lowest BCUT2D eigenvalue weighted by Crippen LogP contribution is -2.26. The van der Waals surface area contributed by atoms with E-state index in [-0.39, 0.29) is 33.0 Å². The predicted octanol–water partition coefficient (Wildman–Crippen LogP) is 3.60. The fraction of sp³-hybridized carbons (Fsp3) is 0.125. The standard InChI is InChI=1S/C16H9BrF3N3O3/c1-26-9-3-2-7(16(18,19)20)6-8(9)23-11-10(17)14(24)12-13(15(11)25)22-5-4-21-12/h2-6,23H,1H3. The van der Waals surface area contributed by atoms with E-state index in [1.165, 1.54) is 19.5 Å². The summed E-state index contributed by atoms with van der Waals surface area (Å²) in [5.74, 6) is -1.23. The number of hydrogen-bond donors (Lipinski definition) is 1. The zero-order chi connectivity index (χ0) is 19.1. The molecule has 0 saturated heterocycles. The quantitative estimate of drug-likeness (QED) is 0.805. The summed E-state index contributed by atoms with van der Waals surface area (Å²) >= 11 is 3.01. The van der Waals surface area contributed by atoms with Crippen LogP contribution in [0.25, 0.3) is 0 Å². The average molecular weight is 428 g/mol. The van der Waals surface area contributed by atoms with Crippen molar-refractivity contribution in [3.63, 3.8) is 0 Å². The van der Waals surface area contributed by atoms with Crippen LogP contribution in [0.1, 0.15) is 26.5 Å². The van der Waals surface area contributed by atoms with Gasteiger partial charge in [-0.05, 0) is 34.1 Å². The second-order valence-corrected chi connectivity index (χ2v) is 5.93. The number of nitrogens with one attached hydrogen (secondary N) is 1. The molecule has 1 N–H and O–H groups in total. The van der Waals surface area contributed by atoms with Gasteiger partial charge >= 0.3 is 6.18 Å². The molecule has 3 rings (SSSR count). The molecule has 0 saturated carbocycles. The van der Waals surface area contributed by atoms with E-state index >= 15 is 0 Å². The molecule has 0 aliphatic heterocycles. The van der Waals surface area contributed by atoms with Gasteiger partial charge in [0.05, 0.1) is 22.8 Å². The van der Waals surface area contributed by atoms with E-state index < -0.39 is 23.3 Å². The Labute approximate surface area is 153 Å². The molecule has 0 atom stereocenters. The summed E-state index contributed by atoms with van der Waals surface area (Å²) in [7, 11) is 1.27. The van der Waals surface area contributed by atoms with Gasteiger partial charge < -0.3 is 10.1 Å². The Hall–Kier alpha value is -2.75. The third-order valence-electron chi connectivity index (χ3n) is 3.56. The monoisotopic (exact) mass is 427 g/mol. The number of fused-ring (bicyclic) bond motifs is 1. The van der Waals surface area contributed by atoms with E-state index in [2.05, 4.69) is 31.2 Å². The van der Waals surface area contributed by atoms with Gasteiger partial charge in [0, 0.05) is 12.4 Å². The van der Waals surface area contributed by atoms with Gasteiger partial charge in [0.1, 0.15) is 22.8 Å². The van der Waals surface area contributed by atoms with Crippen LogP contribution in [0.5, 0.6) is 5.75 Å². The van der Waals surface area contributed by atoms with E-state index in [1.54, 1.807) is 0 Å². The molecule has 1 aliphatic carbocycles. The minimum Gasteiger partial charge on any atom is -0.495 e. The van der Waals surface area contributed by atoms with Crippen LogP contribution >= 0.6 is 15.9 Å².